The maximum absolute atomic E-state index is 10.9. The lowest BCUT2D eigenvalue weighted by molar-refractivity contribution is -0.385. The molecule has 0 atom stereocenters. The van der Waals surface area contributed by atoms with Crippen LogP contribution < -0.4 is 11.5 Å². The Morgan fingerprint density at radius 2 is 1.48 bits per heavy atom. The first kappa shape index (κ1) is 23.6. The van der Waals surface area contributed by atoms with E-state index in [0.717, 1.165) is 12.1 Å². The maximum atomic E-state index is 10.9. The molecule has 0 aliphatic heterocycles. The van der Waals surface area contributed by atoms with Crippen molar-refractivity contribution in [3.05, 3.63) is 52.6 Å². The second-order valence-electron chi connectivity index (χ2n) is 6.01. The van der Waals surface area contributed by atoms with E-state index in [-0.39, 0.29) is 10.6 Å². The first-order chi connectivity index (χ1) is 14.1. The van der Waals surface area contributed by atoms with Crippen molar-refractivity contribution in [2.75, 3.05) is 11.5 Å². The largest absolute Gasteiger partial charge is 0.507 e. The van der Waals surface area contributed by atoms with Gasteiger partial charge < -0.3 is 21.7 Å². The lowest BCUT2D eigenvalue weighted by Gasteiger charge is -2.04. The van der Waals surface area contributed by atoms with Gasteiger partial charge in [-0.3, -0.25) is 19.2 Å². The number of nitrogens with two attached hydrogens (primary N) is 2. The molecular weight excluding hydrogens is 458 g/mol. The molecule has 0 unspecified atom stereocenters. The summed E-state index contributed by atoms with van der Waals surface area (Å²) in [6, 6.07) is 8.22. The molecular formula is C16H15N3O10S2. The molecule has 166 valence electrons. The zero-order chi connectivity index (χ0) is 23.7. The summed E-state index contributed by atoms with van der Waals surface area (Å²) in [5.74, 6) is -1.15. The van der Waals surface area contributed by atoms with Crippen LogP contribution >= 0.6 is 0 Å². The fraction of sp³-hybridized carbons (Fsp3) is 0. The van der Waals surface area contributed by atoms with E-state index in [9.17, 15) is 32.1 Å². The normalized spacial score (nSPS) is 11.5. The Hall–Kier alpha value is -3.66. The highest BCUT2D eigenvalue weighted by molar-refractivity contribution is 7.86. The van der Waals surface area contributed by atoms with Gasteiger partial charge in [0.2, 0.25) is 0 Å². The van der Waals surface area contributed by atoms with Gasteiger partial charge in [-0.15, -0.1) is 0 Å². The van der Waals surface area contributed by atoms with Crippen LogP contribution in [-0.4, -0.2) is 41.1 Å². The Morgan fingerprint density at radius 1 is 0.871 bits per heavy atom. The number of nitrogen functional groups attached to an aromatic ring is 2. The Kier molecular flexibility index (Phi) is 6.27. The van der Waals surface area contributed by atoms with Crippen LogP contribution in [0.15, 0.2) is 52.3 Å². The molecule has 0 fully saturated rings. The Labute approximate surface area is 174 Å². The van der Waals surface area contributed by atoms with Gasteiger partial charge in [-0.25, -0.2) is 0 Å². The number of hydrogen-bond acceptors (Lipinski definition) is 10. The third kappa shape index (κ3) is 5.48. The molecule has 8 N–H and O–H groups in total. The second kappa shape index (κ2) is 8.23. The van der Waals surface area contributed by atoms with Crippen LogP contribution in [0.1, 0.15) is 0 Å². The summed E-state index contributed by atoms with van der Waals surface area (Å²) < 4.78 is 60.7. The number of aromatic hydroxyl groups is 2. The summed E-state index contributed by atoms with van der Waals surface area (Å²) in [5, 5.41) is 30.0. The van der Waals surface area contributed by atoms with Crippen LogP contribution in [0, 0.1) is 10.1 Å². The molecule has 0 aliphatic rings. The number of rotatable bonds is 3. The van der Waals surface area contributed by atoms with Crippen LogP contribution in [0.5, 0.6) is 11.5 Å². The quantitative estimate of drug-likeness (QED) is 0.104. The number of benzene rings is 3. The van der Waals surface area contributed by atoms with Gasteiger partial charge in [0.15, 0.2) is 5.75 Å². The first-order valence-corrected chi connectivity index (χ1v) is 10.7. The molecule has 0 aliphatic carbocycles. The number of anilines is 2. The average Bonchev–Trinajstić information content (AvgIpc) is 2.63. The summed E-state index contributed by atoms with van der Waals surface area (Å²) in [6.45, 7) is 0. The summed E-state index contributed by atoms with van der Waals surface area (Å²) in [7, 11) is -9.06. The van der Waals surface area contributed by atoms with Gasteiger partial charge >= 0.3 is 0 Å². The van der Waals surface area contributed by atoms with E-state index in [4.69, 9.17) is 25.7 Å². The number of hydrogen-bond donors (Lipinski definition) is 6. The third-order valence-electron chi connectivity index (χ3n) is 3.81. The van der Waals surface area contributed by atoms with Crippen molar-refractivity contribution in [2.24, 2.45) is 0 Å². The maximum Gasteiger partial charge on any atom is 0.298 e. The topological polar surface area (TPSA) is 244 Å². The van der Waals surface area contributed by atoms with E-state index in [1.54, 1.807) is 12.1 Å². The molecule has 31 heavy (non-hydrogen) atoms. The molecule has 13 nitrogen and oxygen atoms in total. The van der Waals surface area contributed by atoms with Crippen LogP contribution in [0.4, 0.5) is 17.1 Å². The van der Waals surface area contributed by atoms with E-state index < -0.39 is 47.2 Å². The Balaban J connectivity index is 0.000000221. The minimum absolute atomic E-state index is 0.238. The SMILES string of the molecule is Nc1cc([N+](=O)[O-])cc(S(=O)(=O)O)c1O.Nc1ccc2cc(S(=O)(=O)O)cc(O)c2c1. The van der Waals surface area contributed by atoms with Crippen LogP contribution in [0.25, 0.3) is 10.8 Å². The molecule has 0 radical (unpaired) electrons. The highest BCUT2D eigenvalue weighted by atomic mass is 32.2. The Bertz CT molecular complexity index is 1400. The molecule has 0 heterocycles. The lowest BCUT2D eigenvalue weighted by atomic mass is 10.1. The van der Waals surface area contributed by atoms with E-state index in [0.29, 0.717) is 22.5 Å². The zero-order valence-electron chi connectivity index (χ0n) is 15.2. The lowest BCUT2D eigenvalue weighted by Crippen LogP contribution is -2.02. The second-order valence-corrected chi connectivity index (χ2v) is 8.82. The van der Waals surface area contributed by atoms with Gasteiger partial charge in [0.1, 0.15) is 10.6 Å². The van der Waals surface area contributed by atoms with E-state index in [2.05, 4.69) is 0 Å². The molecule has 3 rings (SSSR count). The highest BCUT2D eigenvalue weighted by Crippen LogP contribution is 2.33. The first-order valence-electron chi connectivity index (χ1n) is 7.85. The number of nitro benzene ring substituents is 1. The summed E-state index contributed by atoms with van der Waals surface area (Å²) in [6.07, 6.45) is 0. The molecule has 0 saturated carbocycles. The van der Waals surface area contributed by atoms with Crippen molar-refractivity contribution >= 4 is 48.1 Å². The molecule has 0 amide bonds. The van der Waals surface area contributed by atoms with Gasteiger partial charge in [-0.1, -0.05) is 6.07 Å². The van der Waals surface area contributed by atoms with Gasteiger partial charge in [0.25, 0.3) is 25.9 Å². The summed E-state index contributed by atoms with van der Waals surface area (Å²) in [4.78, 5) is 8.10. The highest BCUT2D eigenvalue weighted by Gasteiger charge is 2.22. The molecule has 0 saturated heterocycles. The number of fused-ring (bicyclic) bond motifs is 1. The zero-order valence-corrected chi connectivity index (χ0v) is 16.8. The number of non-ortho nitro benzene ring substituents is 1. The van der Waals surface area contributed by atoms with Gasteiger partial charge in [-0.05, 0) is 23.6 Å². The fourth-order valence-electron chi connectivity index (χ4n) is 2.39. The number of phenols is 2. The molecule has 0 spiro atoms. The van der Waals surface area contributed by atoms with Crippen LogP contribution in [0.2, 0.25) is 0 Å². The molecule has 0 bridgehead atoms. The number of phenolic OH excluding ortho intramolecular Hbond substituents is 2. The third-order valence-corrected chi connectivity index (χ3v) is 5.50. The summed E-state index contributed by atoms with van der Waals surface area (Å²) in [5.41, 5.74) is 9.98. The van der Waals surface area contributed by atoms with E-state index in [1.807, 2.05) is 0 Å². The van der Waals surface area contributed by atoms with Gasteiger partial charge in [0, 0.05) is 29.3 Å². The van der Waals surface area contributed by atoms with Crippen LogP contribution in [0.3, 0.4) is 0 Å². The Morgan fingerprint density at radius 3 is 2.00 bits per heavy atom. The standard InChI is InChI=1S/C10H9NO4S.C6H6N2O6S/c11-7-2-1-6-3-8(16(13,14)15)5-10(12)9(6)4-7;7-4-1-3(8(10)11)2-5(6(4)9)15(12,13)14/h1-5,12H,11H2,(H,13,14,15);1-2,9H,7H2,(H,12,13,14). The molecule has 3 aromatic rings. The average molecular weight is 473 g/mol. The minimum atomic E-state index is -4.75. The number of nitro groups is 1. The van der Waals surface area contributed by atoms with Gasteiger partial charge in [-0.2, -0.15) is 16.8 Å². The van der Waals surface area contributed by atoms with Crippen molar-refractivity contribution in [3.8, 4) is 11.5 Å². The molecule has 15 heteroatoms. The monoisotopic (exact) mass is 473 g/mol. The van der Waals surface area contributed by atoms with Gasteiger partial charge in [0.05, 0.1) is 15.5 Å². The van der Waals surface area contributed by atoms with Crippen molar-refractivity contribution in [1.82, 2.24) is 0 Å². The van der Waals surface area contributed by atoms with Crippen LogP contribution in [-0.2, 0) is 20.2 Å². The predicted octanol–water partition coefficient (Wildman–Crippen LogP) is 1.50. The molecule has 3 aromatic carbocycles. The molecule has 0 aromatic heterocycles. The van der Waals surface area contributed by atoms with Crippen molar-refractivity contribution < 1.29 is 41.1 Å². The predicted molar refractivity (Wildman–Crippen MR) is 109 cm³/mol. The van der Waals surface area contributed by atoms with E-state index in [1.165, 1.54) is 12.1 Å². The fourth-order valence-corrected chi connectivity index (χ4v) is 3.56. The summed E-state index contributed by atoms with van der Waals surface area (Å²) >= 11 is 0. The van der Waals surface area contributed by atoms with E-state index >= 15 is 0 Å². The smallest absolute Gasteiger partial charge is 0.298 e. The minimum Gasteiger partial charge on any atom is -0.507 e. The van der Waals surface area contributed by atoms with Crippen molar-refractivity contribution in [1.29, 1.82) is 0 Å². The van der Waals surface area contributed by atoms with Crippen molar-refractivity contribution in [3.63, 3.8) is 0 Å². The number of nitrogens with zero attached hydrogens (tertiary/aromatic N) is 1. The van der Waals surface area contributed by atoms with Crippen molar-refractivity contribution in [2.45, 2.75) is 9.79 Å².